The predicted octanol–water partition coefficient (Wildman–Crippen LogP) is 1.78. The van der Waals surface area contributed by atoms with Crippen molar-refractivity contribution in [1.82, 2.24) is 4.31 Å². The van der Waals surface area contributed by atoms with Gasteiger partial charge in [-0.05, 0) is 31.2 Å². The Morgan fingerprint density at radius 2 is 2.00 bits per heavy atom. The molecule has 1 rings (SSSR count). The standard InChI is InChI=1S/C13H19N3O2S2/c1-11(9-14)10-16(2)20(17,18)8-7-19-13-5-3-12(15)4-6-13/h3-6,11H,7-8,10,15H2,1-2H3. The fraction of sp³-hybridized carbons (Fsp3) is 0.462. The Hall–Kier alpha value is -1.23. The lowest BCUT2D eigenvalue weighted by Gasteiger charge is -2.17. The van der Waals surface area contributed by atoms with Gasteiger partial charge in [-0.25, -0.2) is 12.7 Å². The van der Waals surface area contributed by atoms with Crippen LogP contribution in [0.3, 0.4) is 0 Å². The van der Waals surface area contributed by atoms with Crippen molar-refractivity contribution in [2.45, 2.75) is 11.8 Å². The van der Waals surface area contributed by atoms with Crippen LogP contribution in [0.5, 0.6) is 0 Å². The Bertz CT molecular complexity index is 564. The number of benzene rings is 1. The van der Waals surface area contributed by atoms with E-state index in [9.17, 15) is 8.42 Å². The number of rotatable bonds is 7. The number of thioether (sulfide) groups is 1. The Morgan fingerprint density at radius 1 is 1.40 bits per heavy atom. The average molecular weight is 313 g/mol. The molecule has 2 N–H and O–H groups in total. The fourth-order valence-corrected chi connectivity index (χ4v) is 4.03. The minimum absolute atomic E-state index is 0.0523. The molecule has 0 heterocycles. The summed E-state index contributed by atoms with van der Waals surface area (Å²) in [4.78, 5) is 0.988. The van der Waals surface area contributed by atoms with E-state index in [-0.39, 0.29) is 18.2 Å². The summed E-state index contributed by atoms with van der Waals surface area (Å²) < 4.78 is 25.3. The molecule has 0 spiro atoms. The Balaban J connectivity index is 2.47. The maximum atomic E-state index is 12.0. The number of nitriles is 1. The van der Waals surface area contributed by atoms with Crippen LogP contribution in [0.4, 0.5) is 5.69 Å². The lowest BCUT2D eigenvalue weighted by Crippen LogP contribution is -2.33. The predicted molar refractivity (Wildman–Crippen MR) is 82.8 cm³/mol. The molecule has 0 aliphatic carbocycles. The first-order valence-electron chi connectivity index (χ1n) is 6.17. The van der Waals surface area contributed by atoms with Crippen molar-refractivity contribution in [3.05, 3.63) is 24.3 Å². The highest BCUT2D eigenvalue weighted by Crippen LogP contribution is 2.19. The molecule has 7 heteroatoms. The largest absolute Gasteiger partial charge is 0.399 e. The summed E-state index contributed by atoms with van der Waals surface area (Å²) in [6.45, 7) is 1.93. The van der Waals surface area contributed by atoms with Crippen LogP contribution in [0.2, 0.25) is 0 Å². The van der Waals surface area contributed by atoms with E-state index in [0.29, 0.717) is 11.4 Å². The first-order chi connectivity index (χ1) is 9.35. The molecule has 110 valence electrons. The van der Waals surface area contributed by atoms with Gasteiger partial charge in [0, 0.05) is 29.9 Å². The van der Waals surface area contributed by atoms with E-state index >= 15 is 0 Å². The molecule has 1 aromatic rings. The highest BCUT2D eigenvalue weighted by molar-refractivity contribution is 8.00. The molecular weight excluding hydrogens is 294 g/mol. The second-order valence-corrected chi connectivity index (χ2v) is 7.91. The summed E-state index contributed by atoms with van der Waals surface area (Å²) >= 11 is 1.47. The van der Waals surface area contributed by atoms with Crippen LogP contribution in [0.25, 0.3) is 0 Å². The first-order valence-corrected chi connectivity index (χ1v) is 8.76. The quantitative estimate of drug-likeness (QED) is 0.612. The summed E-state index contributed by atoms with van der Waals surface area (Å²) in [5, 5.41) is 8.71. The minimum atomic E-state index is -3.31. The zero-order valence-electron chi connectivity index (χ0n) is 11.6. The molecule has 0 radical (unpaired) electrons. The number of anilines is 1. The first kappa shape index (κ1) is 16.8. The molecule has 0 fully saturated rings. The van der Waals surface area contributed by atoms with Crippen molar-refractivity contribution in [3.63, 3.8) is 0 Å². The van der Waals surface area contributed by atoms with Gasteiger partial charge in [-0.1, -0.05) is 0 Å². The number of nitrogens with two attached hydrogens (primary N) is 1. The summed E-state index contributed by atoms with van der Waals surface area (Å²) in [6.07, 6.45) is 0. The SMILES string of the molecule is CC(C#N)CN(C)S(=O)(=O)CCSc1ccc(N)cc1. The molecule has 0 aliphatic heterocycles. The molecule has 5 nitrogen and oxygen atoms in total. The average Bonchev–Trinajstić information content (AvgIpc) is 2.40. The van der Waals surface area contributed by atoms with Crippen LogP contribution < -0.4 is 5.73 Å². The second kappa shape index (κ2) is 7.53. The zero-order chi connectivity index (χ0) is 15.2. The summed E-state index contributed by atoms with van der Waals surface area (Å²) in [6, 6.07) is 9.35. The summed E-state index contributed by atoms with van der Waals surface area (Å²) in [5.41, 5.74) is 6.27. The van der Waals surface area contributed by atoms with Crippen LogP contribution in [-0.2, 0) is 10.0 Å². The van der Waals surface area contributed by atoms with Gasteiger partial charge in [0.25, 0.3) is 0 Å². The van der Waals surface area contributed by atoms with Gasteiger partial charge in [-0.3, -0.25) is 0 Å². The number of sulfonamides is 1. The van der Waals surface area contributed by atoms with Crippen molar-refractivity contribution in [1.29, 1.82) is 5.26 Å². The van der Waals surface area contributed by atoms with Gasteiger partial charge in [-0.2, -0.15) is 5.26 Å². The van der Waals surface area contributed by atoms with Crippen molar-refractivity contribution in [2.24, 2.45) is 5.92 Å². The maximum absolute atomic E-state index is 12.0. The van der Waals surface area contributed by atoms with Crippen molar-refractivity contribution < 1.29 is 8.42 Å². The van der Waals surface area contributed by atoms with Crippen molar-refractivity contribution in [2.75, 3.05) is 30.8 Å². The van der Waals surface area contributed by atoms with Gasteiger partial charge < -0.3 is 5.73 Å². The lowest BCUT2D eigenvalue weighted by molar-refractivity contribution is 0.440. The van der Waals surface area contributed by atoms with Crippen LogP contribution in [0.1, 0.15) is 6.92 Å². The van der Waals surface area contributed by atoms with Gasteiger partial charge in [0.05, 0.1) is 17.7 Å². The van der Waals surface area contributed by atoms with E-state index in [1.165, 1.54) is 23.1 Å². The minimum Gasteiger partial charge on any atom is -0.399 e. The Kier molecular flexibility index (Phi) is 6.33. The molecule has 1 aromatic carbocycles. The summed E-state index contributed by atoms with van der Waals surface area (Å²) in [7, 11) is -1.80. The third-order valence-corrected chi connectivity index (χ3v) is 5.81. The van der Waals surface area contributed by atoms with E-state index < -0.39 is 10.0 Å². The molecule has 0 bridgehead atoms. The van der Waals surface area contributed by atoms with Crippen LogP contribution >= 0.6 is 11.8 Å². The van der Waals surface area contributed by atoms with E-state index in [2.05, 4.69) is 0 Å². The third kappa shape index (κ3) is 5.41. The van der Waals surface area contributed by atoms with Crippen LogP contribution in [0, 0.1) is 17.2 Å². The lowest BCUT2D eigenvalue weighted by atomic mass is 10.2. The van der Waals surface area contributed by atoms with E-state index in [0.717, 1.165) is 4.90 Å². The molecule has 1 unspecified atom stereocenters. The van der Waals surface area contributed by atoms with E-state index in [1.54, 1.807) is 19.1 Å². The molecule has 0 aromatic heterocycles. The van der Waals surface area contributed by atoms with E-state index in [1.807, 2.05) is 18.2 Å². The monoisotopic (exact) mass is 313 g/mol. The smallest absolute Gasteiger partial charge is 0.214 e. The van der Waals surface area contributed by atoms with Gasteiger partial charge in [0.15, 0.2) is 0 Å². The molecule has 0 saturated carbocycles. The normalized spacial score (nSPS) is 13.1. The van der Waals surface area contributed by atoms with Gasteiger partial charge in [0.2, 0.25) is 10.0 Å². The molecule has 1 atom stereocenters. The maximum Gasteiger partial charge on any atom is 0.214 e. The van der Waals surface area contributed by atoms with Crippen molar-refractivity contribution in [3.8, 4) is 6.07 Å². The van der Waals surface area contributed by atoms with Gasteiger partial charge in [0.1, 0.15) is 0 Å². The number of nitrogen functional groups attached to an aromatic ring is 1. The highest BCUT2D eigenvalue weighted by atomic mass is 32.2. The van der Waals surface area contributed by atoms with E-state index in [4.69, 9.17) is 11.0 Å². The number of hydrogen-bond acceptors (Lipinski definition) is 5. The highest BCUT2D eigenvalue weighted by Gasteiger charge is 2.19. The van der Waals surface area contributed by atoms with Gasteiger partial charge in [-0.15, -0.1) is 11.8 Å². The fourth-order valence-electron chi connectivity index (χ4n) is 1.52. The second-order valence-electron chi connectivity index (χ2n) is 4.54. The number of nitrogens with zero attached hydrogens (tertiary/aromatic N) is 2. The topological polar surface area (TPSA) is 87.2 Å². The summed E-state index contributed by atoms with van der Waals surface area (Å²) in [5.74, 6) is 0.216. The molecule has 0 saturated heterocycles. The zero-order valence-corrected chi connectivity index (χ0v) is 13.2. The molecule has 0 aliphatic rings. The van der Waals surface area contributed by atoms with Crippen LogP contribution in [0.15, 0.2) is 29.2 Å². The molecule has 20 heavy (non-hydrogen) atoms. The Labute approximate surface area is 124 Å². The number of hydrogen-bond donors (Lipinski definition) is 1. The molecular formula is C13H19N3O2S2. The molecule has 0 amide bonds. The van der Waals surface area contributed by atoms with Gasteiger partial charge >= 0.3 is 0 Å². The Morgan fingerprint density at radius 3 is 2.55 bits per heavy atom. The third-order valence-electron chi connectivity index (χ3n) is 2.72. The van der Waals surface area contributed by atoms with Crippen LogP contribution in [-0.4, -0.2) is 37.8 Å². The van der Waals surface area contributed by atoms with Crippen molar-refractivity contribution >= 4 is 27.5 Å².